The van der Waals surface area contributed by atoms with E-state index in [4.69, 9.17) is 9.88 Å². The van der Waals surface area contributed by atoms with Crippen LogP contribution in [0.2, 0.25) is 0 Å². The van der Waals surface area contributed by atoms with Gasteiger partial charge in [-0.05, 0) is 24.1 Å². The summed E-state index contributed by atoms with van der Waals surface area (Å²) in [4.78, 5) is 4.10. The number of sulfonamides is 1. The minimum Gasteiger partial charge on any atom is -0.373 e. The van der Waals surface area contributed by atoms with E-state index in [1.54, 1.807) is 6.07 Å². The van der Waals surface area contributed by atoms with Crippen LogP contribution in [0, 0.1) is 5.92 Å². The van der Waals surface area contributed by atoms with Gasteiger partial charge in [0.2, 0.25) is 10.0 Å². The molecular formula is C16H19N3O3S. The van der Waals surface area contributed by atoms with Gasteiger partial charge in [-0.2, -0.15) is 0 Å². The predicted octanol–water partition coefficient (Wildman–Crippen LogP) is 1.92. The largest absolute Gasteiger partial charge is 0.373 e. The van der Waals surface area contributed by atoms with Crippen molar-refractivity contribution in [1.29, 1.82) is 0 Å². The maximum Gasteiger partial charge on any atom is 0.241 e. The minimum absolute atomic E-state index is 0.00495. The summed E-state index contributed by atoms with van der Waals surface area (Å²) in [7, 11) is -3.80. The number of rotatable bonds is 5. The Labute approximate surface area is 135 Å². The zero-order valence-electron chi connectivity index (χ0n) is 12.6. The van der Waals surface area contributed by atoms with Crippen molar-refractivity contribution in [2.75, 3.05) is 18.5 Å². The average molecular weight is 333 g/mol. The Morgan fingerprint density at radius 2 is 2.00 bits per heavy atom. The van der Waals surface area contributed by atoms with E-state index in [1.807, 2.05) is 30.3 Å². The molecule has 1 fully saturated rings. The van der Waals surface area contributed by atoms with Gasteiger partial charge in [-0.15, -0.1) is 0 Å². The van der Waals surface area contributed by atoms with E-state index in [9.17, 15) is 8.42 Å². The highest BCUT2D eigenvalue weighted by molar-refractivity contribution is 7.89. The van der Waals surface area contributed by atoms with Gasteiger partial charge in [-0.3, -0.25) is 0 Å². The Balaban J connectivity index is 1.74. The smallest absolute Gasteiger partial charge is 0.241 e. The minimum atomic E-state index is -3.80. The summed E-state index contributed by atoms with van der Waals surface area (Å²) in [6.45, 7) is 1.26. The van der Waals surface area contributed by atoms with E-state index in [2.05, 4.69) is 10.3 Å². The Bertz CT molecular complexity index is 765. The first-order chi connectivity index (χ1) is 11.1. The van der Waals surface area contributed by atoms with Gasteiger partial charge in [0.15, 0.2) is 0 Å². The van der Waals surface area contributed by atoms with Crippen LogP contribution in [0.5, 0.6) is 0 Å². The molecule has 7 heteroatoms. The highest BCUT2D eigenvalue weighted by Crippen LogP contribution is 2.34. The topological polar surface area (TPSA) is 94.3 Å². The van der Waals surface area contributed by atoms with E-state index < -0.39 is 10.0 Å². The molecule has 1 aromatic carbocycles. The molecule has 2 heterocycles. The first kappa shape index (κ1) is 15.9. The molecule has 122 valence electrons. The molecule has 0 spiro atoms. The molecule has 1 aliphatic heterocycles. The van der Waals surface area contributed by atoms with Gasteiger partial charge in [-0.25, -0.2) is 18.5 Å². The summed E-state index contributed by atoms with van der Waals surface area (Å²) in [6.07, 6.45) is 2.45. The van der Waals surface area contributed by atoms with Crippen LogP contribution in [0.25, 0.3) is 0 Å². The highest BCUT2D eigenvalue weighted by atomic mass is 32.2. The zero-order valence-corrected chi connectivity index (χ0v) is 13.4. The van der Waals surface area contributed by atoms with E-state index >= 15 is 0 Å². The quantitative estimate of drug-likeness (QED) is 0.872. The van der Waals surface area contributed by atoms with Gasteiger partial charge in [-0.1, -0.05) is 30.3 Å². The standard InChI is InChI=1S/C16H19N3O3S/c17-23(20,21)14-7-4-9-18-16(14)19-11-13-8-10-22-15(13)12-5-2-1-3-6-12/h1-7,9,13,15H,8,10-11H2,(H,18,19)(H2,17,20,21). The van der Waals surface area contributed by atoms with Gasteiger partial charge >= 0.3 is 0 Å². The van der Waals surface area contributed by atoms with E-state index in [-0.39, 0.29) is 22.7 Å². The number of benzene rings is 1. The molecule has 0 bridgehead atoms. The number of nitrogens with one attached hydrogen (secondary N) is 1. The van der Waals surface area contributed by atoms with Gasteiger partial charge in [0.05, 0.1) is 6.10 Å². The number of hydrogen-bond donors (Lipinski definition) is 2. The Hall–Kier alpha value is -1.96. The predicted molar refractivity (Wildman–Crippen MR) is 87.3 cm³/mol. The number of hydrogen-bond acceptors (Lipinski definition) is 5. The van der Waals surface area contributed by atoms with Gasteiger partial charge < -0.3 is 10.1 Å². The lowest BCUT2D eigenvalue weighted by Gasteiger charge is -2.20. The van der Waals surface area contributed by atoms with E-state index in [0.29, 0.717) is 13.2 Å². The van der Waals surface area contributed by atoms with Crippen LogP contribution in [0.15, 0.2) is 53.6 Å². The molecule has 6 nitrogen and oxygen atoms in total. The Kier molecular flexibility index (Phi) is 4.61. The van der Waals surface area contributed by atoms with Crippen molar-refractivity contribution in [3.63, 3.8) is 0 Å². The molecule has 0 radical (unpaired) electrons. The number of primary sulfonamides is 1. The lowest BCUT2D eigenvalue weighted by Crippen LogP contribution is -2.21. The second-order valence-electron chi connectivity index (χ2n) is 5.53. The van der Waals surface area contributed by atoms with Crippen LogP contribution in [0.4, 0.5) is 5.82 Å². The van der Waals surface area contributed by atoms with Crippen LogP contribution in [-0.4, -0.2) is 26.6 Å². The number of pyridine rings is 1. The van der Waals surface area contributed by atoms with Gasteiger partial charge in [0.25, 0.3) is 0 Å². The SMILES string of the molecule is NS(=O)(=O)c1cccnc1NCC1CCOC1c1ccccc1. The van der Waals surface area contributed by atoms with Crippen LogP contribution in [0.3, 0.4) is 0 Å². The fraction of sp³-hybridized carbons (Fsp3) is 0.312. The number of nitrogens with zero attached hydrogens (tertiary/aromatic N) is 1. The molecular weight excluding hydrogens is 314 g/mol. The van der Waals surface area contributed by atoms with Crippen molar-refractivity contribution >= 4 is 15.8 Å². The lowest BCUT2D eigenvalue weighted by atomic mass is 9.95. The van der Waals surface area contributed by atoms with Crippen molar-refractivity contribution in [2.24, 2.45) is 11.1 Å². The third-order valence-electron chi connectivity index (χ3n) is 3.95. The lowest BCUT2D eigenvalue weighted by molar-refractivity contribution is 0.0933. The molecule has 0 saturated carbocycles. The molecule has 1 saturated heterocycles. The number of ether oxygens (including phenoxy) is 1. The second-order valence-corrected chi connectivity index (χ2v) is 7.06. The van der Waals surface area contributed by atoms with E-state index in [0.717, 1.165) is 12.0 Å². The fourth-order valence-electron chi connectivity index (χ4n) is 2.83. The van der Waals surface area contributed by atoms with Crippen molar-refractivity contribution in [3.8, 4) is 0 Å². The van der Waals surface area contributed by atoms with Crippen molar-refractivity contribution in [1.82, 2.24) is 4.98 Å². The molecule has 3 N–H and O–H groups in total. The van der Waals surface area contributed by atoms with Crippen LogP contribution >= 0.6 is 0 Å². The number of aromatic nitrogens is 1. The van der Waals surface area contributed by atoms with E-state index in [1.165, 1.54) is 12.3 Å². The van der Waals surface area contributed by atoms with Crippen LogP contribution in [-0.2, 0) is 14.8 Å². The molecule has 2 atom stereocenters. The molecule has 0 aliphatic carbocycles. The summed E-state index contributed by atoms with van der Waals surface area (Å²) in [5, 5.41) is 8.34. The van der Waals surface area contributed by atoms with Crippen molar-refractivity contribution < 1.29 is 13.2 Å². The van der Waals surface area contributed by atoms with Crippen LogP contribution in [0.1, 0.15) is 18.1 Å². The molecule has 2 unspecified atom stereocenters. The first-order valence-electron chi connectivity index (χ1n) is 7.44. The summed E-state index contributed by atoms with van der Waals surface area (Å²) in [5.41, 5.74) is 1.13. The fourth-order valence-corrected chi connectivity index (χ4v) is 3.50. The summed E-state index contributed by atoms with van der Waals surface area (Å²) in [6, 6.07) is 13.0. The molecule has 1 aromatic heterocycles. The zero-order chi connectivity index (χ0) is 16.3. The highest BCUT2D eigenvalue weighted by Gasteiger charge is 2.29. The normalized spacial score (nSPS) is 21.3. The summed E-state index contributed by atoms with van der Waals surface area (Å²) in [5.74, 6) is 0.529. The summed E-state index contributed by atoms with van der Waals surface area (Å²) < 4.78 is 29.1. The van der Waals surface area contributed by atoms with Crippen molar-refractivity contribution in [2.45, 2.75) is 17.4 Å². The first-order valence-corrected chi connectivity index (χ1v) is 8.98. The third-order valence-corrected chi connectivity index (χ3v) is 4.89. The molecule has 2 aromatic rings. The number of nitrogens with two attached hydrogens (primary N) is 1. The van der Waals surface area contributed by atoms with Gasteiger partial charge in [0.1, 0.15) is 10.7 Å². The molecule has 23 heavy (non-hydrogen) atoms. The average Bonchev–Trinajstić information content (AvgIpc) is 3.02. The maximum atomic E-state index is 11.6. The maximum absolute atomic E-state index is 11.6. The second kappa shape index (κ2) is 6.66. The molecule has 0 amide bonds. The monoisotopic (exact) mass is 333 g/mol. The molecule has 3 rings (SSSR count). The van der Waals surface area contributed by atoms with Crippen molar-refractivity contribution in [3.05, 3.63) is 54.2 Å². The molecule has 1 aliphatic rings. The number of anilines is 1. The third kappa shape index (κ3) is 3.69. The van der Waals surface area contributed by atoms with Gasteiger partial charge in [0, 0.05) is 25.3 Å². The Morgan fingerprint density at radius 1 is 1.22 bits per heavy atom. The Morgan fingerprint density at radius 3 is 2.74 bits per heavy atom. The summed E-state index contributed by atoms with van der Waals surface area (Å²) >= 11 is 0. The van der Waals surface area contributed by atoms with Crippen LogP contribution < -0.4 is 10.5 Å².